The van der Waals surface area contributed by atoms with Gasteiger partial charge in [-0.15, -0.1) is 0 Å². The van der Waals surface area contributed by atoms with E-state index in [2.05, 4.69) is 12.2 Å². The quantitative estimate of drug-likeness (QED) is 0.272. The number of para-hydroxylation sites is 2. The van der Waals surface area contributed by atoms with Gasteiger partial charge in [-0.05, 0) is 66.5 Å². The second-order valence-corrected chi connectivity index (χ2v) is 10.7. The summed E-state index contributed by atoms with van der Waals surface area (Å²) in [5, 5.41) is 0. The number of benzene rings is 2. The predicted molar refractivity (Wildman–Crippen MR) is 133 cm³/mol. The molecule has 6 aliphatic rings. The Labute approximate surface area is 213 Å². The molecule has 8 rings (SSSR count). The van der Waals surface area contributed by atoms with Crippen molar-refractivity contribution in [2.75, 3.05) is 23.5 Å². The van der Waals surface area contributed by atoms with E-state index in [4.69, 9.17) is 9.47 Å². The first-order chi connectivity index (χ1) is 18.0. The van der Waals surface area contributed by atoms with Crippen LogP contribution in [-0.4, -0.2) is 37.3 Å². The van der Waals surface area contributed by atoms with Crippen molar-refractivity contribution in [3.8, 4) is 11.5 Å². The van der Waals surface area contributed by atoms with Crippen molar-refractivity contribution >= 4 is 35.1 Å². The summed E-state index contributed by atoms with van der Waals surface area (Å²) in [4.78, 5) is 55.0. The fraction of sp³-hybridized carbons (Fsp3) is 0.379. The molecule has 0 radical (unpaired) electrons. The smallest absolute Gasteiger partial charge is 0.316 e. The molecule has 0 spiro atoms. The summed E-state index contributed by atoms with van der Waals surface area (Å²) >= 11 is 0. The van der Waals surface area contributed by atoms with Crippen molar-refractivity contribution in [1.29, 1.82) is 0 Å². The molecule has 7 atom stereocenters. The summed E-state index contributed by atoms with van der Waals surface area (Å²) in [6, 6.07) is 13.7. The van der Waals surface area contributed by atoms with Gasteiger partial charge in [0.25, 0.3) is 0 Å². The van der Waals surface area contributed by atoms with Crippen molar-refractivity contribution in [2.24, 2.45) is 41.4 Å². The summed E-state index contributed by atoms with van der Waals surface area (Å²) in [6.07, 6.45) is 5.48. The third-order valence-corrected chi connectivity index (χ3v) is 8.81. The molecule has 37 heavy (non-hydrogen) atoms. The van der Waals surface area contributed by atoms with Crippen LogP contribution in [0.2, 0.25) is 0 Å². The van der Waals surface area contributed by atoms with Crippen LogP contribution in [0, 0.1) is 41.4 Å². The maximum atomic E-state index is 13.3. The molecule has 2 aliphatic heterocycles. The monoisotopic (exact) mass is 498 g/mol. The van der Waals surface area contributed by atoms with E-state index in [-0.39, 0.29) is 54.4 Å². The molecule has 0 aromatic heterocycles. The Morgan fingerprint density at radius 2 is 1.54 bits per heavy atom. The summed E-state index contributed by atoms with van der Waals surface area (Å²) in [5.74, 6) is 0.278. The molecular formula is C29H26N2O6. The molecule has 188 valence electrons. The number of rotatable bonds is 5. The van der Waals surface area contributed by atoms with Crippen LogP contribution in [0.4, 0.5) is 11.4 Å². The van der Waals surface area contributed by atoms with E-state index in [0.717, 1.165) is 6.42 Å². The fourth-order valence-electron chi connectivity index (χ4n) is 7.03. The number of hydrogen-bond donors (Lipinski definition) is 0. The lowest BCUT2D eigenvalue weighted by Gasteiger charge is -2.37. The maximum absolute atomic E-state index is 13.3. The number of esters is 1. The minimum atomic E-state index is -0.614. The minimum Gasteiger partial charge on any atom is -0.495 e. The van der Waals surface area contributed by atoms with E-state index >= 15 is 0 Å². The average Bonchev–Trinajstić information content (AvgIpc) is 3.59. The van der Waals surface area contributed by atoms with Crippen molar-refractivity contribution in [3.05, 3.63) is 60.7 Å². The molecule has 2 aromatic rings. The molecule has 8 nitrogen and oxygen atoms in total. The summed E-state index contributed by atoms with van der Waals surface area (Å²) < 4.78 is 10.9. The normalized spacial score (nSPS) is 33.0. The number of carbonyl (C=O) groups excluding carboxylic acids is 4. The SMILES string of the molecule is COc1ccccc1N1C[C@H](C(=O)Oc2ccc(N3C(=O)[C@@H]4[C@H]5C=C[C@@H]([C@@H]6C[C@H]56)[C@H]4C3=O)cc2)CC1=O. The first-order valence-electron chi connectivity index (χ1n) is 12.8. The van der Waals surface area contributed by atoms with Crippen LogP contribution >= 0.6 is 0 Å². The van der Waals surface area contributed by atoms with Crippen molar-refractivity contribution in [3.63, 3.8) is 0 Å². The average molecular weight is 499 g/mol. The number of imide groups is 1. The van der Waals surface area contributed by atoms with Crippen LogP contribution in [0.5, 0.6) is 11.5 Å². The molecule has 2 heterocycles. The number of amides is 3. The third kappa shape index (κ3) is 3.27. The maximum Gasteiger partial charge on any atom is 0.316 e. The number of carbonyl (C=O) groups is 4. The Kier molecular flexibility index (Phi) is 4.83. The zero-order valence-corrected chi connectivity index (χ0v) is 20.3. The Hall–Kier alpha value is -3.94. The van der Waals surface area contributed by atoms with E-state index in [0.29, 0.717) is 34.7 Å². The zero-order valence-electron chi connectivity index (χ0n) is 20.3. The number of nitrogens with zero attached hydrogens (tertiary/aromatic N) is 2. The largest absolute Gasteiger partial charge is 0.495 e. The number of methoxy groups -OCH3 is 1. The summed E-state index contributed by atoms with van der Waals surface area (Å²) in [6.45, 7) is 0.202. The van der Waals surface area contributed by atoms with Crippen molar-refractivity contribution in [1.82, 2.24) is 0 Å². The number of ether oxygens (including phenoxy) is 2. The Morgan fingerprint density at radius 3 is 2.19 bits per heavy atom. The number of hydrogen-bond acceptors (Lipinski definition) is 6. The van der Waals surface area contributed by atoms with Crippen molar-refractivity contribution < 1.29 is 28.7 Å². The van der Waals surface area contributed by atoms with E-state index in [1.54, 1.807) is 41.3 Å². The van der Waals surface area contributed by atoms with Gasteiger partial charge in [0.1, 0.15) is 11.5 Å². The van der Waals surface area contributed by atoms with Gasteiger partial charge in [-0.3, -0.25) is 24.1 Å². The lowest BCUT2D eigenvalue weighted by atomic mass is 9.63. The highest BCUT2D eigenvalue weighted by atomic mass is 16.5. The highest BCUT2D eigenvalue weighted by Crippen LogP contribution is 2.65. The summed E-state index contributed by atoms with van der Waals surface area (Å²) in [7, 11) is 1.54. The molecule has 0 unspecified atom stereocenters. The minimum absolute atomic E-state index is 0.0485. The van der Waals surface area contributed by atoms with Crippen LogP contribution < -0.4 is 19.3 Å². The standard InChI is InChI=1S/C29H26N2O6/c1-36-23-5-3-2-4-22(23)30-14-15(12-24(30)32)29(35)37-17-8-6-16(7-9-17)31-27(33)25-18-10-11-19(21-13-20(18)21)26(25)28(31)34/h2-11,15,18-21,25-26H,12-14H2,1H3/t15-,18+,19+,20-,21+,25-,26-/m1/s1. The van der Waals surface area contributed by atoms with Gasteiger partial charge in [0, 0.05) is 13.0 Å². The number of anilines is 2. The Balaban J connectivity index is 1.04. The lowest BCUT2D eigenvalue weighted by molar-refractivity contribution is -0.139. The Bertz CT molecular complexity index is 1330. The highest BCUT2D eigenvalue weighted by Gasteiger charge is 2.67. The van der Waals surface area contributed by atoms with Gasteiger partial charge in [0.15, 0.2) is 0 Å². The topological polar surface area (TPSA) is 93.2 Å². The van der Waals surface area contributed by atoms with Gasteiger partial charge in [-0.25, -0.2) is 0 Å². The second-order valence-electron chi connectivity index (χ2n) is 10.7. The molecule has 2 saturated heterocycles. The summed E-state index contributed by atoms with van der Waals surface area (Å²) in [5.41, 5.74) is 1.12. The highest BCUT2D eigenvalue weighted by molar-refractivity contribution is 6.22. The van der Waals surface area contributed by atoms with Crippen LogP contribution in [0.3, 0.4) is 0 Å². The molecule has 4 aliphatic carbocycles. The zero-order chi connectivity index (χ0) is 25.4. The second kappa shape index (κ2) is 8.03. The van der Waals surface area contributed by atoms with Crippen LogP contribution in [0.25, 0.3) is 0 Å². The third-order valence-electron chi connectivity index (χ3n) is 8.81. The molecule has 2 bridgehead atoms. The lowest BCUT2D eigenvalue weighted by Crippen LogP contribution is -2.40. The Morgan fingerprint density at radius 1 is 0.892 bits per heavy atom. The van der Waals surface area contributed by atoms with Gasteiger partial charge < -0.3 is 14.4 Å². The van der Waals surface area contributed by atoms with Crippen LogP contribution in [0.15, 0.2) is 60.7 Å². The van der Waals surface area contributed by atoms with E-state index < -0.39 is 11.9 Å². The predicted octanol–water partition coefficient (Wildman–Crippen LogP) is 3.21. The van der Waals surface area contributed by atoms with E-state index in [1.165, 1.54) is 12.0 Å². The van der Waals surface area contributed by atoms with Gasteiger partial charge in [0.05, 0.1) is 36.2 Å². The first kappa shape index (κ1) is 22.3. The van der Waals surface area contributed by atoms with Gasteiger partial charge in [0.2, 0.25) is 17.7 Å². The molecule has 0 N–H and O–H groups in total. The molecule has 3 amide bonds. The fourth-order valence-corrected chi connectivity index (χ4v) is 7.03. The van der Waals surface area contributed by atoms with Gasteiger partial charge in [-0.2, -0.15) is 0 Å². The molecular weight excluding hydrogens is 472 g/mol. The van der Waals surface area contributed by atoms with Crippen LogP contribution in [-0.2, 0) is 19.2 Å². The molecule has 8 heteroatoms. The van der Waals surface area contributed by atoms with E-state index in [9.17, 15) is 19.2 Å². The van der Waals surface area contributed by atoms with Crippen molar-refractivity contribution in [2.45, 2.75) is 12.8 Å². The van der Waals surface area contributed by atoms with Crippen LogP contribution in [0.1, 0.15) is 12.8 Å². The molecule has 2 aromatic carbocycles. The first-order valence-corrected chi connectivity index (χ1v) is 12.8. The number of allylic oxidation sites excluding steroid dienone is 2. The molecule has 4 fully saturated rings. The van der Waals surface area contributed by atoms with Gasteiger partial charge >= 0.3 is 5.97 Å². The molecule has 2 saturated carbocycles. The van der Waals surface area contributed by atoms with Gasteiger partial charge in [-0.1, -0.05) is 24.3 Å². The van der Waals surface area contributed by atoms with E-state index in [1.807, 2.05) is 12.1 Å².